The van der Waals surface area contributed by atoms with Gasteiger partial charge in [0.05, 0.1) is 10.2 Å². The van der Waals surface area contributed by atoms with Gasteiger partial charge in [-0.1, -0.05) is 36.4 Å². The Morgan fingerprint density at radius 1 is 0.958 bits per heavy atom. The van der Waals surface area contributed by atoms with Crippen LogP contribution in [-0.4, -0.2) is 10.1 Å². The fraction of sp³-hybridized carbons (Fsp3) is 0.0952. The summed E-state index contributed by atoms with van der Waals surface area (Å²) in [5.74, 6) is 0.374. The molecule has 0 unspecified atom stereocenters. The molecule has 2 nitrogen and oxygen atoms in total. The molecule has 1 aromatic heterocycles. The van der Waals surface area contributed by atoms with E-state index < -0.39 is 0 Å². The number of phenolic OH excluding ortho intramolecular Hbond substituents is 1. The van der Waals surface area contributed by atoms with Gasteiger partial charge in [0, 0.05) is 5.39 Å². The standard InChI is InChI=1S/C21H17NOS/c1-13-11-15(12-14(2)21(13)23)7-10-19-22-20-17-6-4-3-5-16(17)8-9-18(20)24-19/h3-12,23H,1-2H3. The highest BCUT2D eigenvalue weighted by molar-refractivity contribution is 7.19. The van der Waals surface area contributed by atoms with E-state index in [4.69, 9.17) is 4.98 Å². The summed E-state index contributed by atoms with van der Waals surface area (Å²) in [6.45, 7) is 3.84. The number of aryl methyl sites for hydroxylation is 2. The molecule has 24 heavy (non-hydrogen) atoms. The molecule has 4 aromatic rings. The monoisotopic (exact) mass is 331 g/mol. The molecule has 1 N–H and O–H groups in total. The van der Waals surface area contributed by atoms with E-state index in [0.717, 1.165) is 27.2 Å². The molecule has 0 atom stereocenters. The molecule has 1 heterocycles. The number of rotatable bonds is 2. The third kappa shape index (κ3) is 2.57. The van der Waals surface area contributed by atoms with Gasteiger partial charge >= 0.3 is 0 Å². The quantitative estimate of drug-likeness (QED) is 0.493. The Morgan fingerprint density at radius 2 is 1.71 bits per heavy atom. The zero-order chi connectivity index (χ0) is 16.7. The largest absolute Gasteiger partial charge is 0.507 e. The van der Waals surface area contributed by atoms with Crippen molar-refractivity contribution in [3.8, 4) is 5.75 Å². The fourth-order valence-corrected chi connectivity index (χ4v) is 3.89. The van der Waals surface area contributed by atoms with Crippen LogP contribution in [0.4, 0.5) is 0 Å². The van der Waals surface area contributed by atoms with Crippen molar-refractivity contribution in [3.63, 3.8) is 0 Å². The lowest BCUT2D eigenvalue weighted by molar-refractivity contribution is 0.467. The van der Waals surface area contributed by atoms with Crippen LogP contribution in [0.5, 0.6) is 5.75 Å². The lowest BCUT2D eigenvalue weighted by atomic mass is 10.1. The number of aromatic hydroxyl groups is 1. The molecule has 4 rings (SSSR count). The number of aromatic nitrogens is 1. The summed E-state index contributed by atoms with van der Waals surface area (Å²) in [4.78, 5) is 4.80. The van der Waals surface area contributed by atoms with E-state index in [1.165, 1.54) is 15.5 Å². The number of hydrogen-bond donors (Lipinski definition) is 1. The van der Waals surface area contributed by atoms with Gasteiger partial charge < -0.3 is 5.11 Å². The third-order valence-corrected chi connectivity index (χ3v) is 5.22. The zero-order valence-electron chi connectivity index (χ0n) is 13.6. The number of fused-ring (bicyclic) bond motifs is 3. The maximum atomic E-state index is 9.88. The van der Waals surface area contributed by atoms with Gasteiger partial charge in [0.2, 0.25) is 0 Å². The maximum absolute atomic E-state index is 9.88. The van der Waals surface area contributed by atoms with Gasteiger partial charge in [-0.25, -0.2) is 4.98 Å². The number of hydrogen-bond acceptors (Lipinski definition) is 3. The van der Waals surface area contributed by atoms with E-state index in [9.17, 15) is 5.11 Å². The number of phenols is 1. The minimum atomic E-state index is 0.374. The summed E-state index contributed by atoms with van der Waals surface area (Å²) >= 11 is 1.70. The number of benzene rings is 3. The molecule has 118 valence electrons. The highest BCUT2D eigenvalue weighted by Crippen LogP contribution is 2.30. The molecular weight excluding hydrogens is 314 g/mol. The van der Waals surface area contributed by atoms with Crippen molar-refractivity contribution in [1.29, 1.82) is 0 Å². The summed E-state index contributed by atoms with van der Waals surface area (Å²) in [5, 5.41) is 13.3. The molecular formula is C21H17NOS. The van der Waals surface area contributed by atoms with Crippen LogP contribution in [0.15, 0.2) is 48.5 Å². The van der Waals surface area contributed by atoms with Crippen molar-refractivity contribution in [3.05, 3.63) is 70.2 Å². The Bertz CT molecular complexity index is 1070. The van der Waals surface area contributed by atoms with Gasteiger partial charge in [-0.3, -0.25) is 0 Å². The Hall–Kier alpha value is -2.65. The van der Waals surface area contributed by atoms with Crippen molar-refractivity contribution >= 4 is 44.5 Å². The topological polar surface area (TPSA) is 33.1 Å². The predicted molar refractivity (Wildman–Crippen MR) is 104 cm³/mol. The molecule has 0 radical (unpaired) electrons. The first-order valence-electron chi connectivity index (χ1n) is 7.88. The van der Waals surface area contributed by atoms with Crippen molar-refractivity contribution in [2.45, 2.75) is 13.8 Å². The highest BCUT2D eigenvalue weighted by Gasteiger charge is 2.06. The van der Waals surface area contributed by atoms with Gasteiger partial charge in [0.25, 0.3) is 0 Å². The summed E-state index contributed by atoms with van der Waals surface area (Å²) < 4.78 is 1.20. The van der Waals surface area contributed by atoms with Gasteiger partial charge in [-0.05, 0) is 60.2 Å². The first kappa shape index (κ1) is 14.9. The molecule has 3 heteroatoms. The molecule has 0 saturated heterocycles. The van der Waals surface area contributed by atoms with Crippen molar-refractivity contribution in [1.82, 2.24) is 4.98 Å². The normalized spacial score (nSPS) is 11.8. The molecule has 0 spiro atoms. The SMILES string of the molecule is Cc1cc(C=Cc2nc3c(ccc4ccccc43)s2)cc(C)c1O. The zero-order valence-corrected chi connectivity index (χ0v) is 14.4. The van der Waals surface area contributed by atoms with Gasteiger partial charge in [0.15, 0.2) is 0 Å². The Kier molecular flexibility index (Phi) is 3.58. The van der Waals surface area contributed by atoms with Crippen LogP contribution >= 0.6 is 11.3 Å². The molecule has 0 amide bonds. The Morgan fingerprint density at radius 3 is 2.50 bits per heavy atom. The Balaban J connectivity index is 1.76. The third-order valence-electron chi connectivity index (χ3n) is 4.23. The minimum absolute atomic E-state index is 0.374. The van der Waals surface area contributed by atoms with Crippen LogP contribution in [0.1, 0.15) is 21.7 Å². The van der Waals surface area contributed by atoms with Gasteiger partial charge in [-0.15, -0.1) is 11.3 Å². The summed E-state index contributed by atoms with van der Waals surface area (Å²) in [7, 11) is 0. The van der Waals surface area contributed by atoms with Crippen molar-refractivity contribution in [2.75, 3.05) is 0 Å². The molecule has 0 aliphatic carbocycles. The van der Waals surface area contributed by atoms with Gasteiger partial charge in [-0.2, -0.15) is 0 Å². The lowest BCUT2D eigenvalue weighted by Gasteiger charge is -2.04. The minimum Gasteiger partial charge on any atom is -0.507 e. The molecule has 3 aromatic carbocycles. The van der Waals surface area contributed by atoms with E-state index in [1.54, 1.807) is 11.3 Å². The predicted octanol–water partition coefficient (Wildman–Crippen LogP) is 5.94. The van der Waals surface area contributed by atoms with E-state index in [0.29, 0.717) is 5.75 Å². The molecule has 0 bridgehead atoms. The van der Waals surface area contributed by atoms with Crippen molar-refractivity contribution < 1.29 is 5.11 Å². The molecule has 0 fully saturated rings. The van der Waals surface area contributed by atoms with Crippen LogP contribution in [0.25, 0.3) is 33.1 Å². The molecule has 0 saturated carbocycles. The highest BCUT2D eigenvalue weighted by atomic mass is 32.1. The molecule has 0 aliphatic heterocycles. The first-order valence-corrected chi connectivity index (χ1v) is 8.70. The summed E-state index contributed by atoms with van der Waals surface area (Å²) in [5.41, 5.74) is 3.93. The number of nitrogens with zero attached hydrogens (tertiary/aromatic N) is 1. The fourth-order valence-electron chi connectivity index (χ4n) is 3.00. The second-order valence-corrected chi connectivity index (χ2v) is 7.08. The van der Waals surface area contributed by atoms with Crippen molar-refractivity contribution in [2.24, 2.45) is 0 Å². The Labute approximate surface area is 144 Å². The van der Waals surface area contributed by atoms with Gasteiger partial charge in [0.1, 0.15) is 10.8 Å². The first-order chi connectivity index (χ1) is 11.6. The van der Waals surface area contributed by atoms with Crippen LogP contribution in [0.3, 0.4) is 0 Å². The summed E-state index contributed by atoms with van der Waals surface area (Å²) in [6, 6.07) is 16.6. The maximum Gasteiger partial charge on any atom is 0.121 e. The van der Waals surface area contributed by atoms with E-state index in [-0.39, 0.29) is 0 Å². The second kappa shape index (κ2) is 5.77. The average molecular weight is 331 g/mol. The van der Waals surface area contributed by atoms with E-state index in [2.05, 4.69) is 42.5 Å². The van der Waals surface area contributed by atoms with Crippen LogP contribution in [-0.2, 0) is 0 Å². The molecule has 0 aliphatic rings. The van der Waals surface area contributed by atoms with Crippen LogP contribution < -0.4 is 0 Å². The summed E-state index contributed by atoms with van der Waals surface area (Å²) in [6.07, 6.45) is 4.10. The van der Waals surface area contributed by atoms with E-state index in [1.807, 2.05) is 32.1 Å². The second-order valence-electron chi connectivity index (χ2n) is 6.02. The smallest absolute Gasteiger partial charge is 0.121 e. The average Bonchev–Trinajstić information content (AvgIpc) is 3.01. The van der Waals surface area contributed by atoms with Crippen LogP contribution in [0.2, 0.25) is 0 Å². The lowest BCUT2D eigenvalue weighted by Crippen LogP contribution is -1.83. The number of thiazole rings is 1. The van der Waals surface area contributed by atoms with Crippen LogP contribution in [0, 0.1) is 13.8 Å². The van der Waals surface area contributed by atoms with E-state index >= 15 is 0 Å².